The van der Waals surface area contributed by atoms with Crippen molar-refractivity contribution in [2.24, 2.45) is 0 Å². The zero-order chi connectivity index (χ0) is 22.2. The molecule has 3 aromatic rings. The zero-order valence-electron chi connectivity index (χ0n) is 19.1. The van der Waals surface area contributed by atoms with Crippen molar-refractivity contribution in [1.29, 1.82) is 0 Å². The molecule has 1 fully saturated rings. The van der Waals surface area contributed by atoms with Gasteiger partial charge in [0, 0.05) is 18.9 Å². The summed E-state index contributed by atoms with van der Waals surface area (Å²) in [6.45, 7) is 5.68. The summed E-state index contributed by atoms with van der Waals surface area (Å²) in [5.41, 5.74) is 2.23. The fraction of sp³-hybridized carbons (Fsp3) is 0.379. The Hall–Kier alpha value is -2.62. The van der Waals surface area contributed by atoms with Crippen LogP contribution in [0.3, 0.4) is 0 Å². The molecule has 1 N–H and O–H groups in total. The van der Waals surface area contributed by atoms with Gasteiger partial charge in [-0.2, -0.15) is 0 Å². The normalized spacial score (nSPS) is 17.4. The van der Waals surface area contributed by atoms with Crippen molar-refractivity contribution in [3.05, 3.63) is 102 Å². The average molecular weight is 430 g/mol. The Kier molecular flexibility index (Phi) is 7.62. The summed E-state index contributed by atoms with van der Waals surface area (Å²) in [5.74, 6) is 0.797. The Morgan fingerprint density at radius 2 is 1.47 bits per heavy atom. The molecule has 1 saturated heterocycles. The topological polar surface area (TPSA) is 32.7 Å². The van der Waals surface area contributed by atoms with Gasteiger partial charge in [-0.15, -0.1) is 0 Å². The molecule has 0 saturated carbocycles. The van der Waals surface area contributed by atoms with E-state index in [0.29, 0.717) is 13.0 Å². The van der Waals surface area contributed by atoms with Crippen LogP contribution < -0.4 is 4.74 Å². The van der Waals surface area contributed by atoms with Gasteiger partial charge >= 0.3 is 0 Å². The Morgan fingerprint density at radius 3 is 2.09 bits per heavy atom. The molecule has 168 valence electrons. The predicted molar refractivity (Wildman–Crippen MR) is 131 cm³/mol. The van der Waals surface area contributed by atoms with Crippen LogP contribution >= 0.6 is 0 Å². The molecule has 3 heteroatoms. The first-order valence-electron chi connectivity index (χ1n) is 12.0. The number of rotatable bonds is 9. The van der Waals surface area contributed by atoms with Gasteiger partial charge in [0.25, 0.3) is 0 Å². The Balaban J connectivity index is 1.76. The fourth-order valence-corrected chi connectivity index (χ4v) is 4.96. The second kappa shape index (κ2) is 10.8. The van der Waals surface area contributed by atoms with E-state index in [1.807, 2.05) is 37.3 Å². The van der Waals surface area contributed by atoms with Gasteiger partial charge in [-0.1, -0.05) is 79.2 Å². The molecule has 0 unspecified atom stereocenters. The highest BCUT2D eigenvalue weighted by Crippen LogP contribution is 2.41. The largest absolute Gasteiger partial charge is 0.494 e. The van der Waals surface area contributed by atoms with Gasteiger partial charge in [-0.05, 0) is 61.7 Å². The van der Waals surface area contributed by atoms with Crippen LogP contribution in [0.5, 0.6) is 5.75 Å². The molecule has 4 rings (SSSR count). The highest BCUT2D eigenvalue weighted by atomic mass is 16.5. The number of likely N-dealkylation sites (tertiary alicyclic amines) is 1. The molecule has 0 amide bonds. The van der Waals surface area contributed by atoms with Crippen LogP contribution in [-0.4, -0.2) is 36.2 Å². The number of nitrogens with zero attached hydrogens (tertiary/aromatic N) is 1. The maximum Gasteiger partial charge on any atom is 0.119 e. The highest BCUT2D eigenvalue weighted by molar-refractivity contribution is 5.37. The maximum atomic E-state index is 12.5. The van der Waals surface area contributed by atoms with Crippen molar-refractivity contribution < 1.29 is 9.84 Å². The number of benzene rings is 3. The summed E-state index contributed by atoms with van der Waals surface area (Å²) in [6, 6.07) is 29.0. The fourth-order valence-electron chi connectivity index (χ4n) is 4.96. The van der Waals surface area contributed by atoms with Crippen LogP contribution in [0.1, 0.15) is 48.8 Å². The molecule has 1 aliphatic heterocycles. The third-order valence-electron chi connectivity index (χ3n) is 6.65. The minimum atomic E-state index is -1.04. The van der Waals surface area contributed by atoms with Gasteiger partial charge < -0.3 is 14.7 Å². The van der Waals surface area contributed by atoms with Gasteiger partial charge in [0.2, 0.25) is 0 Å². The third kappa shape index (κ3) is 5.40. The molecule has 0 radical (unpaired) electrons. The molecule has 0 spiro atoms. The van der Waals surface area contributed by atoms with Crippen molar-refractivity contribution in [1.82, 2.24) is 4.90 Å². The van der Waals surface area contributed by atoms with E-state index in [-0.39, 0.29) is 5.92 Å². The first kappa shape index (κ1) is 22.6. The molecule has 3 nitrogen and oxygen atoms in total. The molecule has 1 heterocycles. The number of hydrogen-bond acceptors (Lipinski definition) is 3. The molecule has 32 heavy (non-hydrogen) atoms. The molecule has 0 bridgehead atoms. The number of piperidine rings is 1. The van der Waals surface area contributed by atoms with Crippen LogP contribution in [0.25, 0.3) is 0 Å². The van der Waals surface area contributed by atoms with Crippen LogP contribution in [0.4, 0.5) is 0 Å². The summed E-state index contributed by atoms with van der Waals surface area (Å²) >= 11 is 0. The average Bonchev–Trinajstić information content (AvgIpc) is 2.85. The van der Waals surface area contributed by atoms with E-state index in [1.54, 1.807) is 0 Å². The van der Waals surface area contributed by atoms with Crippen molar-refractivity contribution in [2.45, 2.75) is 44.1 Å². The van der Waals surface area contributed by atoms with Crippen molar-refractivity contribution >= 4 is 0 Å². The van der Waals surface area contributed by atoms with Crippen molar-refractivity contribution in [2.75, 3.05) is 26.2 Å². The Morgan fingerprint density at radius 1 is 0.844 bits per heavy atom. The molecule has 2 atom stereocenters. The van der Waals surface area contributed by atoms with Gasteiger partial charge in [0.1, 0.15) is 11.4 Å². The quantitative estimate of drug-likeness (QED) is 0.468. The van der Waals surface area contributed by atoms with Crippen LogP contribution in [0.15, 0.2) is 84.9 Å². The lowest BCUT2D eigenvalue weighted by atomic mass is 9.73. The second-order valence-corrected chi connectivity index (χ2v) is 8.87. The highest BCUT2D eigenvalue weighted by Gasteiger charge is 2.40. The molecule has 1 aliphatic rings. The minimum absolute atomic E-state index is 0.0417. The standard InChI is InChI=1S/C29H35NO2/c1-2-32-27-18-16-26(17-19-27)29(31,22-24-12-6-3-7-13-24)28(25-14-8-4-9-15-25)23-30-20-10-5-11-21-30/h3-4,6-9,12-19,28,31H,2,5,10-11,20-23H2,1H3/t28-,29+/m1/s1. The maximum absolute atomic E-state index is 12.5. The molecular weight excluding hydrogens is 394 g/mol. The van der Waals surface area contributed by atoms with Gasteiger partial charge in [-0.3, -0.25) is 0 Å². The van der Waals surface area contributed by atoms with Gasteiger partial charge in [0.15, 0.2) is 0 Å². The summed E-state index contributed by atoms with van der Waals surface area (Å²) < 4.78 is 5.67. The summed E-state index contributed by atoms with van der Waals surface area (Å²) in [5, 5.41) is 12.5. The predicted octanol–water partition coefficient (Wildman–Crippen LogP) is 5.79. The van der Waals surface area contributed by atoms with Gasteiger partial charge in [0.05, 0.1) is 6.61 Å². The summed E-state index contributed by atoms with van der Waals surface area (Å²) in [7, 11) is 0. The lowest BCUT2D eigenvalue weighted by molar-refractivity contribution is -0.00677. The third-order valence-corrected chi connectivity index (χ3v) is 6.65. The first-order valence-corrected chi connectivity index (χ1v) is 12.0. The van der Waals surface area contributed by atoms with Crippen molar-refractivity contribution in [3.63, 3.8) is 0 Å². The molecule has 3 aromatic carbocycles. The SMILES string of the molecule is CCOc1ccc([C@@](O)(Cc2ccccc2)[C@H](CN2CCCCC2)c2ccccc2)cc1. The van der Waals surface area contributed by atoms with E-state index in [4.69, 9.17) is 4.74 Å². The minimum Gasteiger partial charge on any atom is -0.494 e. The molecule has 0 aromatic heterocycles. The number of aliphatic hydroxyl groups is 1. The Bertz CT molecular complexity index is 936. The molecular formula is C29H35NO2. The van der Waals surface area contributed by atoms with Gasteiger partial charge in [-0.25, -0.2) is 0 Å². The van der Waals surface area contributed by atoms with E-state index in [9.17, 15) is 5.11 Å². The second-order valence-electron chi connectivity index (χ2n) is 8.87. The monoisotopic (exact) mass is 429 g/mol. The molecule has 0 aliphatic carbocycles. The number of ether oxygens (including phenoxy) is 1. The summed E-state index contributed by atoms with van der Waals surface area (Å²) in [4.78, 5) is 2.53. The van der Waals surface area contributed by atoms with E-state index >= 15 is 0 Å². The van der Waals surface area contributed by atoms with Crippen LogP contribution in [-0.2, 0) is 12.0 Å². The number of hydrogen-bond donors (Lipinski definition) is 1. The smallest absolute Gasteiger partial charge is 0.119 e. The van der Waals surface area contributed by atoms with E-state index in [2.05, 4.69) is 59.5 Å². The van der Waals surface area contributed by atoms with Crippen LogP contribution in [0, 0.1) is 0 Å². The zero-order valence-corrected chi connectivity index (χ0v) is 19.1. The van der Waals surface area contributed by atoms with Crippen LogP contribution in [0.2, 0.25) is 0 Å². The first-order chi connectivity index (χ1) is 15.7. The Labute approximate surface area is 192 Å². The summed E-state index contributed by atoms with van der Waals surface area (Å²) in [6.07, 6.45) is 4.35. The lowest BCUT2D eigenvalue weighted by Gasteiger charge is -2.41. The van der Waals surface area contributed by atoms with E-state index in [1.165, 1.54) is 24.8 Å². The van der Waals surface area contributed by atoms with E-state index in [0.717, 1.165) is 36.5 Å². The lowest BCUT2D eigenvalue weighted by Crippen LogP contribution is -2.44. The van der Waals surface area contributed by atoms with Crippen molar-refractivity contribution in [3.8, 4) is 5.75 Å². The van der Waals surface area contributed by atoms with E-state index < -0.39 is 5.60 Å².